The predicted octanol–water partition coefficient (Wildman–Crippen LogP) is 3.52. The number of H-pyrrole nitrogens is 1. The molecule has 1 aromatic carbocycles. The maximum Gasteiger partial charge on any atom is 0.292 e. The zero-order chi connectivity index (χ0) is 19.4. The summed E-state index contributed by atoms with van der Waals surface area (Å²) in [4.78, 5) is 26.0. The van der Waals surface area contributed by atoms with Crippen LogP contribution in [0.25, 0.3) is 11.0 Å². The van der Waals surface area contributed by atoms with E-state index in [4.69, 9.17) is 8.83 Å². The second-order valence-electron chi connectivity index (χ2n) is 6.61. The van der Waals surface area contributed by atoms with E-state index in [9.17, 15) is 13.6 Å². The molecule has 1 N–H and O–H groups in total. The lowest BCUT2D eigenvalue weighted by Gasteiger charge is -2.33. The van der Waals surface area contributed by atoms with Gasteiger partial charge in [-0.05, 0) is 25.1 Å². The van der Waals surface area contributed by atoms with Crippen LogP contribution in [0.3, 0.4) is 0 Å². The van der Waals surface area contributed by atoms with Crippen LogP contribution in [0.4, 0.5) is 8.78 Å². The molecule has 1 atom stereocenters. The quantitative estimate of drug-likeness (QED) is 0.571. The van der Waals surface area contributed by atoms with Crippen LogP contribution in [0.5, 0.6) is 0 Å². The average Bonchev–Trinajstić information content (AvgIpc) is 3.42. The number of oxazole rings is 1. The van der Waals surface area contributed by atoms with Crippen LogP contribution >= 0.6 is 0 Å². The number of aryl methyl sites for hydroxylation is 1. The van der Waals surface area contributed by atoms with Crippen molar-refractivity contribution in [2.45, 2.75) is 19.4 Å². The molecule has 0 fully saturated rings. The van der Waals surface area contributed by atoms with Gasteiger partial charge in [0, 0.05) is 18.7 Å². The number of nitrogens with zero attached hydrogens (tertiary/aromatic N) is 3. The number of benzene rings is 1. The highest BCUT2D eigenvalue weighted by Gasteiger charge is 2.38. The number of hydrogen-bond acceptors (Lipinski definition) is 5. The molecule has 7 nitrogen and oxygen atoms in total. The first-order valence-electron chi connectivity index (χ1n) is 8.65. The van der Waals surface area contributed by atoms with Crippen molar-refractivity contribution in [2.24, 2.45) is 0 Å². The smallest absolute Gasteiger partial charge is 0.292 e. The van der Waals surface area contributed by atoms with Crippen molar-refractivity contribution in [2.75, 3.05) is 6.54 Å². The number of aromatic amines is 1. The minimum absolute atomic E-state index is 0.0147. The van der Waals surface area contributed by atoms with E-state index in [2.05, 4.69) is 15.0 Å². The Morgan fingerprint density at radius 2 is 2.11 bits per heavy atom. The molecular weight excluding hydrogens is 370 g/mol. The van der Waals surface area contributed by atoms with Gasteiger partial charge in [0.1, 0.15) is 17.6 Å². The summed E-state index contributed by atoms with van der Waals surface area (Å²) >= 11 is 0. The molecule has 3 aromatic heterocycles. The molecular formula is C19H14F2N4O3. The summed E-state index contributed by atoms with van der Waals surface area (Å²) < 4.78 is 39.2. The number of rotatable bonds is 2. The summed E-state index contributed by atoms with van der Waals surface area (Å²) in [6.45, 7) is 2.02. The molecule has 9 heteroatoms. The lowest BCUT2D eigenvalue weighted by Crippen LogP contribution is -2.40. The van der Waals surface area contributed by atoms with Crippen LogP contribution in [-0.2, 0) is 6.42 Å². The molecule has 0 bridgehead atoms. The molecule has 0 spiro atoms. The van der Waals surface area contributed by atoms with Gasteiger partial charge in [-0.25, -0.2) is 18.7 Å². The van der Waals surface area contributed by atoms with Crippen molar-refractivity contribution in [3.05, 3.63) is 71.2 Å². The van der Waals surface area contributed by atoms with Gasteiger partial charge in [0.2, 0.25) is 5.76 Å². The molecule has 0 unspecified atom stereocenters. The van der Waals surface area contributed by atoms with E-state index in [-0.39, 0.29) is 22.5 Å². The van der Waals surface area contributed by atoms with Gasteiger partial charge in [-0.3, -0.25) is 4.79 Å². The summed E-state index contributed by atoms with van der Waals surface area (Å²) in [6.07, 6.45) is 3.27. The third kappa shape index (κ3) is 2.35. The highest BCUT2D eigenvalue weighted by molar-refractivity contribution is 5.93. The number of nitrogens with one attached hydrogen (secondary N) is 1. The molecule has 1 aliphatic heterocycles. The van der Waals surface area contributed by atoms with E-state index in [1.54, 1.807) is 6.92 Å². The van der Waals surface area contributed by atoms with Crippen LogP contribution in [0.1, 0.15) is 39.4 Å². The minimum Gasteiger partial charge on any atom is -0.455 e. The molecule has 4 heterocycles. The number of hydrogen-bond donors (Lipinski definition) is 1. The lowest BCUT2D eigenvalue weighted by molar-refractivity contribution is 0.0639. The molecule has 4 aromatic rings. The Hall–Kier alpha value is -3.49. The van der Waals surface area contributed by atoms with Gasteiger partial charge in [-0.1, -0.05) is 0 Å². The van der Waals surface area contributed by atoms with Crippen LogP contribution in [0, 0.1) is 18.6 Å². The number of fused-ring (bicyclic) bond motifs is 2. The Labute approximate surface area is 157 Å². The Kier molecular flexibility index (Phi) is 3.58. The second kappa shape index (κ2) is 6.01. The fourth-order valence-corrected chi connectivity index (χ4v) is 3.63. The molecule has 28 heavy (non-hydrogen) atoms. The number of carbonyl (C=O) groups excluding carboxylic acids is 1. The number of imidazole rings is 1. The maximum atomic E-state index is 14.2. The predicted molar refractivity (Wildman–Crippen MR) is 92.5 cm³/mol. The maximum absolute atomic E-state index is 14.2. The Bertz CT molecular complexity index is 1170. The molecule has 0 saturated heterocycles. The molecule has 0 saturated carbocycles. The van der Waals surface area contributed by atoms with Crippen molar-refractivity contribution in [1.29, 1.82) is 0 Å². The first kappa shape index (κ1) is 16.7. The average molecular weight is 384 g/mol. The molecule has 1 amide bonds. The fraction of sp³-hybridized carbons (Fsp3) is 0.211. The van der Waals surface area contributed by atoms with Crippen LogP contribution in [0.2, 0.25) is 0 Å². The van der Waals surface area contributed by atoms with E-state index < -0.39 is 23.6 Å². The summed E-state index contributed by atoms with van der Waals surface area (Å²) in [5.41, 5.74) is 1.67. The molecule has 142 valence electrons. The number of halogens is 2. The van der Waals surface area contributed by atoms with Crippen LogP contribution in [0.15, 0.2) is 39.8 Å². The van der Waals surface area contributed by atoms with Gasteiger partial charge >= 0.3 is 0 Å². The van der Waals surface area contributed by atoms with Crippen LogP contribution in [-0.4, -0.2) is 32.3 Å². The van der Waals surface area contributed by atoms with Crippen molar-refractivity contribution < 1.29 is 22.4 Å². The summed E-state index contributed by atoms with van der Waals surface area (Å²) in [7, 11) is 0. The topological polar surface area (TPSA) is 88.2 Å². The standard InChI is InChI=1S/C19H14F2N4O3/c1-9-17(27-8-24-9)19(26)25-5-4-13-15(23-7-22-13)16(25)14-6-10-11(20)2-3-12(21)18(10)28-14/h2-3,6-8,16H,4-5H2,1H3,(H,22,23)/t16-/m1/s1. The molecule has 1 aliphatic rings. The highest BCUT2D eigenvalue weighted by atomic mass is 19.1. The fourth-order valence-electron chi connectivity index (χ4n) is 3.63. The monoisotopic (exact) mass is 384 g/mol. The zero-order valence-electron chi connectivity index (χ0n) is 14.7. The normalized spacial score (nSPS) is 16.5. The van der Waals surface area contributed by atoms with E-state index in [1.165, 1.54) is 23.7 Å². The summed E-state index contributed by atoms with van der Waals surface area (Å²) in [6, 6.07) is 2.71. The van der Waals surface area contributed by atoms with Gasteiger partial charge in [0.15, 0.2) is 17.8 Å². The Balaban J connectivity index is 1.67. The van der Waals surface area contributed by atoms with Gasteiger partial charge in [0.05, 0.1) is 23.1 Å². The largest absolute Gasteiger partial charge is 0.455 e. The van der Waals surface area contributed by atoms with Crippen molar-refractivity contribution in [3.63, 3.8) is 0 Å². The van der Waals surface area contributed by atoms with E-state index in [0.717, 1.165) is 17.8 Å². The summed E-state index contributed by atoms with van der Waals surface area (Å²) in [5.74, 6) is -1.34. The first-order chi connectivity index (χ1) is 13.5. The summed E-state index contributed by atoms with van der Waals surface area (Å²) in [5, 5.41) is 0.0147. The first-order valence-corrected chi connectivity index (χ1v) is 8.65. The van der Waals surface area contributed by atoms with E-state index in [1.807, 2.05) is 0 Å². The van der Waals surface area contributed by atoms with Gasteiger partial charge < -0.3 is 18.7 Å². The number of furan rings is 1. The van der Waals surface area contributed by atoms with E-state index >= 15 is 0 Å². The van der Waals surface area contributed by atoms with Gasteiger partial charge in [-0.2, -0.15) is 0 Å². The SMILES string of the molecule is Cc1ncoc1C(=O)N1CCc2[nH]cnc2[C@H]1c1cc2c(F)ccc(F)c2o1. The zero-order valence-corrected chi connectivity index (χ0v) is 14.7. The third-order valence-electron chi connectivity index (χ3n) is 5.00. The third-order valence-corrected chi connectivity index (χ3v) is 5.00. The Morgan fingerprint density at radius 3 is 2.86 bits per heavy atom. The number of carbonyl (C=O) groups is 1. The van der Waals surface area contributed by atoms with Crippen molar-refractivity contribution in [3.8, 4) is 0 Å². The molecule has 0 radical (unpaired) electrons. The number of aromatic nitrogens is 3. The lowest BCUT2D eigenvalue weighted by atomic mass is 9.99. The van der Waals surface area contributed by atoms with Gasteiger partial charge in [0.25, 0.3) is 5.91 Å². The van der Waals surface area contributed by atoms with Crippen LogP contribution < -0.4 is 0 Å². The second-order valence-corrected chi connectivity index (χ2v) is 6.61. The van der Waals surface area contributed by atoms with Gasteiger partial charge in [-0.15, -0.1) is 0 Å². The highest BCUT2D eigenvalue weighted by Crippen LogP contribution is 2.38. The Morgan fingerprint density at radius 1 is 1.29 bits per heavy atom. The minimum atomic E-state index is -0.752. The van der Waals surface area contributed by atoms with Crippen molar-refractivity contribution in [1.82, 2.24) is 19.9 Å². The van der Waals surface area contributed by atoms with E-state index in [0.29, 0.717) is 24.4 Å². The van der Waals surface area contributed by atoms with Crippen molar-refractivity contribution >= 4 is 16.9 Å². The number of amides is 1. The molecule has 0 aliphatic carbocycles. The molecule has 5 rings (SSSR count).